The molecule has 13 heteroatoms. The van der Waals surface area contributed by atoms with E-state index in [4.69, 9.17) is 4.55 Å². The Morgan fingerprint density at radius 2 is 1.06 bits per heavy atom. The first-order chi connectivity index (χ1) is 31.1. The van der Waals surface area contributed by atoms with Crippen LogP contribution in [0.4, 0.5) is 0 Å². The van der Waals surface area contributed by atoms with Crippen LogP contribution in [-0.4, -0.2) is 83.8 Å². The summed E-state index contributed by atoms with van der Waals surface area (Å²) in [5.74, 6) is 3.86. The number of carbonyl (C=O) groups excluding carboxylic acids is 4. The summed E-state index contributed by atoms with van der Waals surface area (Å²) in [6, 6.07) is -0.000379. The predicted octanol–water partition coefficient (Wildman–Crippen LogP) is 7.64. The average molecular weight is 942 g/mol. The molecule has 6 N–H and O–H groups in total. The van der Waals surface area contributed by atoms with E-state index in [1.807, 2.05) is 0 Å². The number of aliphatic hydroxyl groups excluding tert-OH is 2. The molecule has 8 rings (SSSR count). The Labute approximate surface area is 396 Å². The summed E-state index contributed by atoms with van der Waals surface area (Å²) >= 11 is 0. The van der Waals surface area contributed by atoms with Gasteiger partial charge in [-0.25, -0.2) is 0 Å². The number of hydrogen-bond donors (Lipinski definition) is 6. The molecule has 8 unspecified atom stereocenters. The van der Waals surface area contributed by atoms with Gasteiger partial charge in [0.15, 0.2) is 0 Å². The number of hydrogen-bond acceptors (Lipinski definition) is 8. The lowest BCUT2D eigenvalue weighted by atomic mass is 9.43. The molecule has 8 aliphatic carbocycles. The van der Waals surface area contributed by atoms with Crippen molar-refractivity contribution >= 4 is 34.1 Å². The van der Waals surface area contributed by atoms with Gasteiger partial charge in [-0.15, -0.1) is 0 Å². The van der Waals surface area contributed by atoms with Gasteiger partial charge in [0, 0.05) is 31.5 Å². The van der Waals surface area contributed by atoms with Crippen LogP contribution in [0.25, 0.3) is 0 Å². The molecular weight excluding hydrogens is 855 g/mol. The summed E-state index contributed by atoms with van der Waals surface area (Å²) in [7, 11) is -4.12. The lowest BCUT2D eigenvalue weighted by Crippen LogP contribution is -2.60. The third kappa shape index (κ3) is 9.45. The standard InChI is InChI=1S/C53H87N3O9S/c1-31(8-7-24-57)37-10-12-39-48-41(17-21-52(37,39)5)50(3)19-15-35(26-33(50)28-43(48)58)55-46(61)30-47(62)56-36-16-20-51(4)34(27-36)29-44(59)49-40-13-11-38(53(40,6)22-18-42(49)51)32(2)9-14-45(60)54-23-25-66(63,64)65/h24,31-44,48-49,58-59H,7-23,25-30H2,1-6H3,(H,54,60)(H,55,61)(H,56,62)(H,63,64,65)/t31-,32-,33?,34?,35?,36?,37-,38-,39?,40?,41?,42?,43+,44+,48+,49+,50+,51+,52-,53-/m1/s1. The second kappa shape index (κ2) is 19.3. The third-order valence-corrected chi connectivity index (χ3v) is 22.9. The topological polar surface area (TPSA) is 199 Å². The molecule has 8 fully saturated rings. The van der Waals surface area contributed by atoms with Gasteiger partial charge in [-0.3, -0.25) is 18.9 Å². The van der Waals surface area contributed by atoms with Crippen molar-refractivity contribution in [1.82, 2.24) is 16.0 Å². The highest BCUT2D eigenvalue weighted by Crippen LogP contribution is 2.70. The Balaban J connectivity index is 0.797. The second-order valence-electron chi connectivity index (χ2n) is 25.2. The molecule has 0 bridgehead atoms. The molecule has 12 nitrogen and oxygen atoms in total. The van der Waals surface area contributed by atoms with Gasteiger partial charge in [-0.1, -0.05) is 41.5 Å². The van der Waals surface area contributed by atoms with Gasteiger partial charge in [0.2, 0.25) is 17.7 Å². The van der Waals surface area contributed by atoms with Gasteiger partial charge in [-0.05, 0) is 208 Å². The highest BCUT2D eigenvalue weighted by atomic mass is 32.2. The normalized spacial score (nSPS) is 45.9. The highest BCUT2D eigenvalue weighted by molar-refractivity contribution is 7.85. The molecule has 8 aliphatic rings. The molecule has 0 aromatic carbocycles. The summed E-state index contributed by atoms with van der Waals surface area (Å²) in [5.41, 5.74) is 0.544. The van der Waals surface area contributed by atoms with E-state index in [1.54, 1.807) is 0 Å². The second-order valence-corrected chi connectivity index (χ2v) is 26.7. The minimum Gasteiger partial charge on any atom is -0.393 e. The summed E-state index contributed by atoms with van der Waals surface area (Å²) in [4.78, 5) is 50.7. The first kappa shape index (κ1) is 50.3. The van der Waals surface area contributed by atoms with E-state index < -0.39 is 22.0 Å². The zero-order valence-corrected chi connectivity index (χ0v) is 42.1. The van der Waals surface area contributed by atoms with Crippen LogP contribution >= 0.6 is 0 Å². The van der Waals surface area contributed by atoms with Crippen molar-refractivity contribution in [3.63, 3.8) is 0 Å². The fourth-order valence-electron chi connectivity index (χ4n) is 18.9. The maximum Gasteiger partial charge on any atom is 0.266 e. The Hall–Kier alpha value is -2.09. The van der Waals surface area contributed by atoms with Crippen LogP contribution in [0.1, 0.15) is 176 Å². The Morgan fingerprint density at radius 1 is 0.621 bits per heavy atom. The summed E-state index contributed by atoms with van der Waals surface area (Å²) in [6.45, 7) is 14.3. The number of rotatable bonds is 15. The molecule has 66 heavy (non-hydrogen) atoms. The van der Waals surface area contributed by atoms with Crippen molar-refractivity contribution in [3.05, 3.63) is 0 Å². The zero-order chi connectivity index (χ0) is 47.6. The smallest absolute Gasteiger partial charge is 0.266 e. The van der Waals surface area contributed by atoms with Gasteiger partial charge in [0.1, 0.15) is 12.7 Å². The van der Waals surface area contributed by atoms with Crippen molar-refractivity contribution < 1.29 is 42.4 Å². The molecule has 0 radical (unpaired) electrons. The SMILES string of the molecule is C[C@H](CCC=O)[C@H]1CCC2[C@H]3C(CC[C@@]21C)[C@@]1(C)CCC(NC(=O)CC(=O)NC2CC[C@@]4(C)C(C2)C[C@H](O)[C@@H]2C4CC[C@@]4(C)C2CC[C@@H]4[C@H](C)CCC(=O)NCCS(=O)(=O)O)CC1C[C@@H]3O. The van der Waals surface area contributed by atoms with E-state index in [1.165, 1.54) is 19.3 Å². The Kier molecular flexibility index (Phi) is 14.7. The van der Waals surface area contributed by atoms with Crippen LogP contribution in [0.15, 0.2) is 0 Å². The van der Waals surface area contributed by atoms with Crippen LogP contribution in [-0.2, 0) is 29.3 Å². The maximum absolute atomic E-state index is 13.5. The lowest BCUT2D eigenvalue weighted by molar-refractivity contribution is -0.167. The monoisotopic (exact) mass is 942 g/mol. The fraction of sp³-hybridized carbons (Fsp3) is 0.925. The van der Waals surface area contributed by atoms with E-state index in [0.717, 1.165) is 103 Å². The fourth-order valence-corrected chi connectivity index (χ4v) is 19.2. The van der Waals surface area contributed by atoms with Crippen LogP contribution in [0.2, 0.25) is 0 Å². The molecule has 0 aliphatic heterocycles. The minimum absolute atomic E-state index is 0.0116. The Bertz CT molecular complexity index is 1920. The molecule has 0 heterocycles. The molecule has 0 aromatic heterocycles. The zero-order valence-electron chi connectivity index (χ0n) is 41.3. The van der Waals surface area contributed by atoms with Crippen molar-refractivity contribution in [3.8, 4) is 0 Å². The maximum atomic E-state index is 13.5. The van der Waals surface area contributed by atoms with Gasteiger partial charge in [0.05, 0.1) is 18.0 Å². The summed E-state index contributed by atoms with van der Waals surface area (Å²) in [6.07, 6.45) is 18.9. The van der Waals surface area contributed by atoms with Crippen LogP contribution < -0.4 is 16.0 Å². The minimum atomic E-state index is -4.12. The summed E-state index contributed by atoms with van der Waals surface area (Å²) < 4.78 is 31.1. The summed E-state index contributed by atoms with van der Waals surface area (Å²) in [5, 5.41) is 33.0. The van der Waals surface area contributed by atoms with E-state index in [-0.39, 0.29) is 76.5 Å². The van der Waals surface area contributed by atoms with Crippen molar-refractivity contribution in [2.24, 2.45) is 92.7 Å². The van der Waals surface area contributed by atoms with Crippen molar-refractivity contribution in [1.29, 1.82) is 0 Å². The van der Waals surface area contributed by atoms with Crippen LogP contribution in [0.3, 0.4) is 0 Å². The van der Waals surface area contributed by atoms with Crippen molar-refractivity contribution in [2.45, 2.75) is 201 Å². The lowest BCUT2D eigenvalue weighted by Gasteiger charge is -2.62. The van der Waals surface area contributed by atoms with E-state index in [2.05, 4.69) is 57.5 Å². The molecule has 374 valence electrons. The van der Waals surface area contributed by atoms with Gasteiger partial charge in [0.25, 0.3) is 10.1 Å². The number of carbonyl (C=O) groups is 4. The van der Waals surface area contributed by atoms with E-state index in [9.17, 15) is 37.8 Å². The van der Waals surface area contributed by atoms with Gasteiger partial charge in [-0.2, -0.15) is 8.42 Å². The average Bonchev–Trinajstić information content (AvgIpc) is 3.79. The third-order valence-electron chi connectivity index (χ3n) is 22.2. The molecule has 3 amide bonds. The molecule has 0 saturated heterocycles. The number of amides is 3. The van der Waals surface area contributed by atoms with E-state index >= 15 is 0 Å². The van der Waals surface area contributed by atoms with Crippen molar-refractivity contribution in [2.75, 3.05) is 12.3 Å². The number of aldehydes is 1. The molecule has 20 atom stereocenters. The predicted molar refractivity (Wildman–Crippen MR) is 254 cm³/mol. The van der Waals surface area contributed by atoms with Gasteiger partial charge < -0.3 is 31.0 Å². The first-order valence-electron chi connectivity index (χ1n) is 26.7. The number of fused-ring (bicyclic) bond motifs is 10. The van der Waals surface area contributed by atoms with Gasteiger partial charge >= 0.3 is 0 Å². The molecule has 8 saturated carbocycles. The van der Waals surface area contributed by atoms with Crippen LogP contribution in [0.5, 0.6) is 0 Å². The van der Waals surface area contributed by atoms with Crippen LogP contribution in [0, 0.1) is 92.7 Å². The first-order valence-corrected chi connectivity index (χ1v) is 28.3. The quantitative estimate of drug-likeness (QED) is 0.0543. The Morgan fingerprint density at radius 3 is 1.52 bits per heavy atom. The molecule has 0 spiro atoms. The molecular formula is C53H87N3O9S. The molecule has 0 aromatic rings. The highest BCUT2D eigenvalue weighted by Gasteiger charge is 2.65. The van der Waals surface area contributed by atoms with E-state index in [0.29, 0.717) is 77.9 Å². The largest absolute Gasteiger partial charge is 0.393 e. The number of nitrogens with one attached hydrogen (secondary N) is 3. The number of aliphatic hydroxyl groups is 2.